The van der Waals surface area contributed by atoms with Crippen molar-refractivity contribution in [3.8, 4) is 0 Å². The van der Waals surface area contributed by atoms with Gasteiger partial charge in [-0.05, 0) is 5.41 Å². The predicted molar refractivity (Wildman–Crippen MR) is 50.1 cm³/mol. The highest BCUT2D eigenvalue weighted by Gasteiger charge is 2.14. The van der Waals surface area contributed by atoms with E-state index in [1.54, 1.807) is 0 Å². The Bertz CT molecular complexity index is 163. The Morgan fingerprint density at radius 1 is 1.54 bits per heavy atom. The predicted octanol–water partition coefficient (Wildman–Crippen LogP) is 0.504. The fraction of sp³-hybridized carbons (Fsp3) is 0.889. The largest absolute Gasteiger partial charge is 0.469 e. The Labute approximate surface area is 79.3 Å². The summed E-state index contributed by atoms with van der Waals surface area (Å²) in [4.78, 5) is 10.7. The van der Waals surface area contributed by atoms with Gasteiger partial charge in [0, 0.05) is 6.54 Å². The number of carbonyl (C=O) groups is 1. The van der Waals surface area contributed by atoms with Crippen LogP contribution in [0.5, 0.6) is 0 Å². The summed E-state index contributed by atoms with van der Waals surface area (Å²) in [6.45, 7) is 6.80. The summed E-state index contributed by atoms with van der Waals surface area (Å²) in [5, 5.41) is 12.1. The normalized spacial score (nSPS) is 13.9. The van der Waals surface area contributed by atoms with Crippen LogP contribution in [-0.2, 0) is 9.53 Å². The smallest absolute Gasteiger partial charge is 0.309 e. The minimum absolute atomic E-state index is 0.00736. The second kappa shape index (κ2) is 5.19. The summed E-state index contributed by atoms with van der Waals surface area (Å²) in [7, 11) is 1.30. The zero-order valence-corrected chi connectivity index (χ0v) is 8.76. The van der Waals surface area contributed by atoms with Crippen molar-refractivity contribution in [2.75, 3.05) is 13.7 Å². The molecule has 0 aromatic carbocycles. The fourth-order valence-electron chi connectivity index (χ4n) is 0.737. The molecule has 2 N–H and O–H groups in total. The van der Waals surface area contributed by atoms with Gasteiger partial charge in [-0.3, -0.25) is 10.1 Å². The van der Waals surface area contributed by atoms with Crippen molar-refractivity contribution in [3.63, 3.8) is 0 Å². The maximum Gasteiger partial charge on any atom is 0.309 e. The zero-order chi connectivity index (χ0) is 10.5. The Kier molecular flexibility index (Phi) is 4.95. The van der Waals surface area contributed by atoms with Crippen LogP contribution in [0.15, 0.2) is 0 Å². The number of aliphatic hydroxyl groups excluding tert-OH is 1. The fourth-order valence-corrected chi connectivity index (χ4v) is 0.737. The first-order chi connectivity index (χ1) is 5.85. The Morgan fingerprint density at radius 3 is 2.46 bits per heavy atom. The van der Waals surface area contributed by atoms with Gasteiger partial charge < -0.3 is 9.84 Å². The third kappa shape index (κ3) is 7.74. The monoisotopic (exact) mass is 189 g/mol. The molecule has 78 valence electrons. The molecule has 0 rings (SSSR count). The van der Waals surface area contributed by atoms with E-state index in [4.69, 9.17) is 0 Å². The highest BCUT2D eigenvalue weighted by molar-refractivity contribution is 5.69. The minimum atomic E-state index is -0.813. The molecule has 4 nitrogen and oxygen atoms in total. The van der Waals surface area contributed by atoms with Crippen molar-refractivity contribution in [2.24, 2.45) is 5.41 Å². The molecule has 13 heavy (non-hydrogen) atoms. The van der Waals surface area contributed by atoms with Crippen molar-refractivity contribution < 1.29 is 14.6 Å². The number of hydrogen-bond donors (Lipinski definition) is 2. The van der Waals surface area contributed by atoms with Gasteiger partial charge in [-0.15, -0.1) is 0 Å². The topological polar surface area (TPSA) is 58.6 Å². The number of ether oxygens (including phenoxy) is 1. The first-order valence-electron chi connectivity index (χ1n) is 4.33. The molecule has 0 aliphatic heterocycles. The first kappa shape index (κ1) is 12.4. The number of esters is 1. The maximum atomic E-state index is 10.7. The van der Waals surface area contributed by atoms with Gasteiger partial charge in [0.15, 0.2) is 0 Å². The average molecular weight is 189 g/mol. The SMILES string of the molecule is COC(=O)CC(O)NCC(C)(C)C. The van der Waals surface area contributed by atoms with Crippen LogP contribution in [0.25, 0.3) is 0 Å². The number of rotatable bonds is 4. The molecule has 0 aliphatic rings. The van der Waals surface area contributed by atoms with Crippen LogP contribution in [-0.4, -0.2) is 31.0 Å². The molecule has 0 aliphatic carbocycles. The molecular weight excluding hydrogens is 170 g/mol. The maximum absolute atomic E-state index is 10.7. The lowest BCUT2D eigenvalue weighted by atomic mass is 9.97. The van der Waals surface area contributed by atoms with Gasteiger partial charge in [0.1, 0.15) is 6.23 Å². The van der Waals surface area contributed by atoms with E-state index < -0.39 is 12.2 Å². The third-order valence-corrected chi connectivity index (χ3v) is 1.46. The van der Waals surface area contributed by atoms with E-state index in [2.05, 4.69) is 10.1 Å². The molecule has 4 heteroatoms. The summed E-state index contributed by atoms with van der Waals surface area (Å²) < 4.78 is 4.41. The summed E-state index contributed by atoms with van der Waals surface area (Å²) in [5.41, 5.74) is 0.0943. The average Bonchev–Trinajstić information content (AvgIpc) is 1.99. The lowest BCUT2D eigenvalue weighted by Gasteiger charge is -2.21. The van der Waals surface area contributed by atoms with E-state index in [-0.39, 0.29) is 11.8 Å². The second-order valence-corrected chi connectivity index (χ2v) is 4.24. The van der Waals surface area contributed by atoms with Crippen molar-refractivity contribution in [2.45, 2.75) is 33.4 Å². The van der Waals surface area contributed by atoms with Crippen LogP contribution in [0, 0.1) is 5.41 Å². The highest BCUT2D eigenvalue weighted by Crippen LogP contribution is 2.10. The number of methoxy groups -OCH3 is 1. The molecule has 0 radical (unpaired) electrons. The van der Waals surface area contributed by atoms with Gasteiger partial charge in [-0.25, -0.2) is 0 Å². The zero-order valence-electron chi connectivity index (χ0n) is 8.76. The van der Waals surface area contributed by atoms with Gasteiger partial charge in [-0.2, -0.15) is 0 Å². The molecule has 0 aromatic heterocycles. The summed E-state index contributed by atoms with van der Waals surface area (Å²) in [6.07, 6.45) is -0.821. The lowest BCUT2D eigenvalue weighted by molar-refractivity contribution is -0.143. The molecule has 0 heterocycles. The van der Waals surface area contributed by atoms with Crippen molar-refractivity contribution in [1.29, 1.82) is 0 Å². The van der Waals surface area contributed by atoms with Crippen molar-refractivity contribution >= 4 is 5.97 Å². The highest BCUT2D eigenvalue weighted by atomic mass is 16.5. The quantitative estimate of drug-likeness (QED) is 0.499. The van der Waals surface area contributed by atoms with Gasteiger partial charge in [-0.1, -0.05) is 20.8 Å². The Morgan fingerprint density at radius 2 is 2.08 bits per heavy atom. The van der Waals surface area contributed by atoms with Crippen LogP contribution in [0.2, 0.25) is 0 Å². The van der Waals surface area contributed by atoms with Crippen molar-refractivity contribution in [1.82, 2.24) is 5.32 Å². The number of aliphatic hydroxyl groups is 1. The Balaban J connectivity index is 3.63. The van der Waals surface area contributed by atoms with Crippen LogP contribution in [0.4, 0.5) is 0 Å². The van der Waals surface area contributed by atoms with Gasteiger partial charge in [0.25, 0.3) is 0 Å². The van der Waals surface area contributed by atoms with Crippen LogP contribution in [0.1, 0.15) is 27.2 Å². The van der Waals surface area contributed by atoms with E-state index >= 15 is 0 Å². The van der Waals surface area contributed by atoms with E-state index in [1.807, 2.05) is 20.8 Å². The van der Waals surface area contributed by atoms with Gasteiger partial charge in [0.2, 0.25) is 0 Å². The van der Waals surface area contributed by atoms with Gasteiger partial charge in [0.05, 0.1) is 13.5 Å². The van der Waals surface area contributed by atoms with Crippen LogP contribution < -0.4 is 5.32 Å². The summed E-state index contributed by atoms with van der Waals surface area (Å²) in [5.74, 6) is -0.408. The molecule has 0 saturated heterocycles. The Hall–Kier alpha value is -0.610. The molecule has 0 bridgehead atoms. The van der Waals surface area contributed by atoms with Crippen LogP contribution >= 0.6 is 0 Å². The summed E-state index contributed by atoms with van der Waals surface area (Å²) >= 11 is 0. The third-order valence-electron chi connectivity index (χ3n) is 1.46. The molecule has 1 atom stereocenters. The molecular formula is C9H19NO3. The van der Waals surface area contributed by atoms with E-state index in [1.165, 1.54) is 7.11 Å². The van der Waals surface area contributed by atoms with E-state index in [0.29, 0.717) is 6.54 Å². The van der Waals surface area contributed by atoms with Crippen LogP contribution in [0.3, 0.4) is 0 Å². The number of nitrogens with one attached hydrogen (secondary N) is 1. The van der Waals surface area contributed by atoms with E-state index in [0.717, 1.165) is 0 Å². The number of carbonyl (C=O) groups excluding carboxylic acids is 1. The minimum Gasteiger partial charge on any atom is -0.469 e. The molecule has 0 saturated carbocycles. The van der Waals surface area contributed by atoms with Gasteiger partial charge >= 0.3 is 5.97 Å². The second-order valence-electron chi connectivity index (χ2n) is 4.24. The molecule has 1 unspecified atom stereocenters. The molecule has 0 amide bonds. The first-order valence-corrected chi connectivity index (χ1v) is 4.33. The number of hydrogen-bond acceptors (Lipinski definition) is 4. The lowest BCUT2D eigenvalue weighted by Crippen LogP contribution is -2.37. The molecule has 0 fully saturated rings. The van der Waals surface area contributed by atoms with E-state index in [9.17, 15) is 9.90 Å². The summed E-state index contributed by atoms with van der Waals surface area (Å²) in [6, 6.07) is 0. The standard InChI is InChI=1S/C9H19NO3/c1-9(2,3)6-10-7(11)5-8(12)13-4/h7,10-11H,5-6H2,1-4H3. The van der Waals surface area contributed by atoms with Crippen molar-refractivity contribution in [3.05, 3.63) is 0 Å². The molecule has 0 aromatic rings. The molecule has 0 spiro atoms.